The molecule has 0 spiro atoms. The van der Waals surface area contributed by atoms with E-state index in [4.69, 9.17) is 0 Å². The highest BCUT2D eigenvalue weighted by molar-refractivity contribution is 7.11. The zero-order valence-electron chi connectivity index (χ0n) is 9.03. The summed E-state index contributed by atoms with van der Waals surface area (Å²) in [6.45, 7) is 1.87. The average molecular weight is 250 g/mol. The van der Waals surface area contributed by atoms with Gasteiger partial charge in [0, 0.05) is 22.8 Å². The topological polar surface area (TPSA) is 24.9 Å². The summed E-state index contributed by atoms with van der Waals surface area (Å²) in [7, 11) is 0. The van der Waals surface area contributed by atoms with Crippen molar-refractivity contribution in [2.75, 3.05) is 0 Å². The van der Waals surface area contributed by atoms with Crippen molar-refractivity contribution in [2.45, 2.75) is 32.4 Å². The number of rotatable bonds is 4. The molecule has 2 heterocycles. The van der Waals surface area contributed by atoms with Gasteiger partial charge in [-0.1, -0.05) is 6.07 Å². The molecule has 0 aliphatic heterocycles. The molecule has 0 radical (unpaired) electrons. The van der Waals surface area contributed by atoms with Crippen molar-refractivity contribution in [3.63, 3.8) is 0 Å². The van der Waals surface area contributed by atoms with Crippen molar-refractivity contribution in [1.82, 2.24) is 10.3 Å². The Morgan fingerprint density at radius 2 is 2.31 bits per heavy atom. The Balaban J connectivity index is 1.54. The Morgan fingerprint density at radius 1 is 1.31 bits per heavy atom. The van der Waals surface area contributed by atoms with Gasteiger partial charge in [0.1, 0.15) is 5.01 Å². The smallest absolute Gasteiger partial charge is 0.107 e. The fourth-order valence-electron chi connectivity index (χ4n) is 2.03. The summed E-state index contributed by atoms with van der Waals surface area (Å²) in [5.41, 5.74) is 1.36. The van der Waals surface area contributed by atoms with Crippen molar-refractivity contribution < 1.29 is 0 Å². The maximum absolute atomic E-state index is 4.67. The molecule has 0 aromatic carbocycles. The van der Waals surface area contributed by atoms with Crippen LogP contribution in [0.3, 0.4) is 0 Å². The molecule has 0 bridgehead atoms. The molecule has 1 aliphatic rings. The lowest BCUT2D eigenvalue weighted by Crippen LogP contribution is -2.11. The maximum atomic E-state index is 4.67. The number of hydrogen-bond acceptors (Lipinski definition) is 4. The molecule has 2 aromatic rings. The van der Waals surface area contributed by atoms with E-state index in [9.17, 15) is 0 Å². The van der Waals surface area contributed by atoms with E-state index < -0.39 is 0 Å². The van der Waals surface area contributed by atoms with Crippen molar-refractivity contribution in [3.05, 3.63) is 38.0 Å². The fourth-order valence-corrected chi connectivity index (χ4v) is 3.83. The molecule has 0 atom stereocenters. The first-order valence-electron chi connectivity index (χ1n) is 5.62. The van der Waals surface area contributed by atoms with Crippen molar-refractivity contribution >= 4 is 22.7 Å². The standard InChI is InChI=1S/C12H14N2S2/c1-4-10-11(5-1)16-12(14-10)8-13-7-9-3-2-6-15-9/h2-3,6,13H,1,4-5,7-8H2. The molecule has 0 fully saturated rings. The first-order chi connectivity index (χ1) is 7.92. The van der Waals surface area contributed by atoms with Gasteiger partial charge in [0.05, 0.1) is 5.69 Å². The maximum Gasteiger partial charge on any atom is 0.107 e. The first kappa shape index (κ1) is 10.4. The molecule has 0 saturated heterocycles. The normalized spacial score (nSPS) is 14.2. The van der Waals surface area contributed by atoms with E-state index in [1.165, 1.54) is 39.7 Å². The molecule has 84 valence electrons. The molecule has 4 heteroatoms. The van der Waals surface area contributed by atoms with Gasteiger partial charge >= 0.3 is 0 Å². The third-order valence-electron chi connectivity index (χ3n) is 2.80. The molecule has 16 heavy (non-hydrogen) atoms. The van der Waals surface area contributed by atoms with E-state index in [1.807, 2.05) is 11.3 Å². The molecule has 2 aromatic heterocycles. The number of aromatic nitrogens is 1. The predicted octanol–water partition coefficient (Wildman–Crippen LogP) is 2.98. The molecule has 1 aliphatic carbocycles. The lowest BCUT2D eigenvalue weighted by atomic mass is 10.4. The summed E-state index contributed by atoms with van der Waals surface area (Å²) in [4.78, 5) is 7.58. The van der Waals surface area contributed by atoms with Crippen LogP contribution in [0.1, 0.15) is 26.9 Å². The van der Waals surface area contributed by atoms with E-state index >= 15 is 0 Å². The number of nitrogens with zero attached hydrogens (tertiary/aromatic N) is 1. The monoisotopic (exact) mass is 250 g/mol. The van der Waals surface area contributed by atoms with Crippen LogP contribution in [-0.4, -0.2) is 4.98 Å². The number of nitrogens with one attached hydrogen (secondary N) is 1. The number of thiazole rings is 1. The quantitative estimate of drug-likeness (QED) is 0.902. The molecule has 0 amide bonds. The molecule has 0 unspecified atom stereocenters. The molecular formula is C12H14N2S2. The molecular weight excluding hydrogens is 236 g/mol. The van der Waals surface area contributed by atoms with E-state index in [0.29, 0.717) is 0 Å². The largest absolute Gasteiger partial charge is 0.306 e. The summed E-state index contributed by atoms with van der Waals surface area (Å²) in [5.74, 6) is 0. The van der Waals surface area contributed by atoms with Crippen LogP contribution in [0.15, 0.2) is 17.5 Å². The summed E-state index contributed by atoms with van der Waals surface area (Å²) < 4.78 is 0. The Labute approximate surface area is 103 Å². The third kappa shape index (κ3) is 2.19. The molecule has 3 rings (SSSR count). The van der Waals surface area contributed by atoms with Crippen LogP contribution in [0.4, 0.5) is 0 Å². The Kier molecular flexibility index (Phi) is 3.04. The van der Waals surface area contributed by atoms with Crippen molar-refractivity contribution in [3.8, 4) is 0 Å². The fraction of sp³-hybridized carbons (Fsp3) is 0.417. The number of aryl methyl sites for hydroxylation is 2. The van der Waals surface area contributed by atoms with Gasteiger partial charge in [-0.15, -0.1) is 22.7 Å². The second-order valence-corrected chi connectivity index (χ2v) is 6.21. The minimum atomic E-state index is 0.912. The lowest BCUT2D eigenvalue weighted by molar-refractivity contribution is 0.694. The van der Waals surface area contributed by atoms with E-state index in [0.717, 1.165) is 13.1 Å². The summed E-state index contributed by atoms with van der Waals surface area (Å²) >= 11 is 3.69. The zero-order chi connectivity index (χ0) is 10.8. The van der Waals surface area contributed by atoms with Crippen molar-refractivity contribution in [2.24, 2.45) is 0 Å². The third-order valence-corrected chi connectivity index (χ3v) is 4.83. The summed E-state index contributed by atoms with van der Waals surface area (Å²) in [6.07, 6.45) is 3.74. The number of hydrogen-bond donors (Lipinski definition) is 1. The van der Waals surface area contributed by atoms with Crippen LogP contribution in [0.5, 0.6) is 0 Å². The van der Waals surface area contributed by atoms with Crippen LogP contribution in [0.25, 0.3) is 0 Å². The van der Waals surface area contributed by atoms with Crippen LogP contribution < -0.4 is 5.32 Å². The van der Waals surface area contributed by atoms with Gasteiger partial charge in [0.25, 0.3) is 0 Å². The number of thiophene rings is 1. The summed E-state index contributed by atoms with van der Waals surface area (Å²) in [5, 5.41) is 6.82. The van der Waals surface area contributed by atoms with Gasteiger partial charge in [-0.05, 0) is 30.7 Å². The highest BCUT2D eigenvalue weighted by Crippen LogP contribution is 2.27. The van der Waals surface area contributed by atoms with Crippen LogP contribution >= 0.6 is 22.7 Å². The Bertz CT molecular complexity index is 438. The van der Waals surface area contributed by atoms with Gasteiger partial charge in [0.2, 0.25) is 0 Å². The number of fused-ring (bicyclic) bond motifs is 1. The molecule has 2 nitrogen and oxygen atoms in total. The van der Waals surface area contributed by atoms with Gasteiger partial charge in [0.15, 0.2) is 0 Å². The summed E-state index contributed by atoms with van der Waals surface area (Å²) in [6, 6.07) is 4.26. The Hall–Kier alpha value is -0.710. The van der Waals surface area contributed by atoms with Crippen molar-refractivity contribution in [1.29, 1.82) is 0 Å². The van der Waals surface area contributed by atoms with Crippen LogP contribution in [0, 0.1) is 0 Å². The second-order valence-electron chi connectivity index (χ2n) is 4.01. The van der Waals surface area contributed by atoms with E-state index in [1.54, 1.807) is 11.3 Å². The molecule has 0 saturated carbocycles. The highest BCUT2D eigenvalue weighted by atomic mass is 32.1. The lowest BCUT2D eigenvalue weighted by Gasteiger charge is -1.99. The zero-order valence-corrected chi connectivity index (χ0v) is 10.7. The van der Waals surface area contributed by atoms with Gasteiger partial charge in [-0.25, -0.2) is 4.98 Å². The average Bonchev–Trinajstić information content (AvgIpc) is 2.91. The van der Waals surface area contributed by atoms with E-state index in [-0.39, 0.29) is 0 Å². The van der Waals surface area contributed by atoms with Gasteiger partial charge in [-0.3, -0.25) is 0 Å². The molecule has 1 N–H and O–H groups in total. The van der Waals surface area contributed by atoms with Crippen LogP contribution in [-0.2, 0) is 25.9 Å². The van der Waals surface area contributed by atoms with Crippen LogP contribution in [0.2, 0.25) is 0 Å². The van der Waals surface area contributed by atoms with Gasteiger partial charge in [-0.2, -0.15) is 0 Å². The van der Waals surface area contributed by atoms with Gasteiger partial charge < -0.3 is 5.32 Å². The highest BCUT2D eigenvalue weighted by Gasteiger charge is 2.16. The minimum absolute atomic E-state index is 0.912. The second kappa shape index (κ2) is 4.65. The predicted molar refractivity (Wildman–Crippen MR) is 69.0 cm³/mol. The van der Waals surface area contributed by atoms with E-state index in [2.05, 4.69) is 27.8 Å². The SMILES string of the molecule is c1csc(CNCc2nc3c(s2)CCC3)c1. The minimum Gasteiger partial charge on any atom is -0.306 e. The Morgan fingerprint density at radius 3 is 3.12 bits per heavy atom. The first-order valence-corrected chi connectivity index (χ1v) is 7.32.